The number of nitrogens with zero attached hydrogens (tertiary/aromatic N) is 1. The Bertz CT molecular complexity index is 1480. The molecule has 1 saturated heterocycles. The maximum absolute atomic E-state index is 12.9. The number of benzene rings is 2. The number of alkyl halides is 6. The predicted octanol–water partition coefficient (Wildman–Crippen LogP) is 2.04. The number of carboxylic acid groups (broad SMARTS) is 2. The Morgan fingerprint density at radius 3 is 1.87 bits per heavy atom. The van der Waals surface area contributed by atoms with Crippen molar-refractivity contribution in [2.75, 3.05) is 26.2 Å². The lowest BCUT2D eigenvalue weighted by Crippen LogP contribution is -3.13. The number of nitrogens with one attached hydrogen (secondary N) is 4. The van der Waals surface area contributed by atoms with Gasteiger partial charge in [0.15, 0.2) is 0 Å². The molecule has 2 heterocycles. The van der Waals surface area contributed by atoms with Crippen molar-refractivity contribution >= 4 is 23.7 Å². The molecular formula is C37H47F6N5O5. The number of rotatable bonds is 10. The van der Waals surface area contributed by atoms with Gasteiger partial charge in [-0.25, -0.2) is 4.79 Å². The predicted molar refractivity (Wildman–Crippen MR) is 180 cm³/mol. The average Bonchev–Trinajstić information content (AvgIpc) is 3.54. The van der Waals surface area contributed by atoms with Gasteiger partial charge in [-0.1, -0.05) is 85.0 Å². The minimum atomic E-state index is -5.19. The fraction of sp³-hybridized carbons (Fsp3) is 0.514. The van der Waals surface area contributed by atoms with E-state index in [1.165, 1.54) is 72.7 Å². The molecule has 53 heavy (non-hydrogen) atoms. The molecule has 2 amide bonds. The van der Waals surface area contributed by atoms with E-state index in [1.807, 2.05) is 6.07 Å². The van der Waals surface area contributed by atoms with Crippen LogP contribution in [-0.4, -0.2) is 68.3 Å². The first kappa shape index (κ1) is 43.0. The monoisotopic (exact) mass is 755 g/mol. The van der Waals surface area contributed by atoms with Crippen LogP contribution >= 0.6 is 0 Å². The number of likely N-dealkylation sites (tertiary alicyclic amines) is 1. The van der Waals surface area contributed by atoms with Crippen LogP contribution in [-0.2, 0) is 16.0 Å². The Morgan fingerprint density at radius 1 is 0.830 bits per heavy atom. The van der Waals surface area contributed by atoms with Crippen molar-refractivity contribution in [2.24, 2.45) is 11.0 Å². The molecule has 10 nitrogen and oxygen atoms in total. The Hall–Kier alpha value is -4.44. The van der Waals surface area contributed by atoms with E-state index in [0.717, 1.165) is 38.8 Å². The number of aliphatic carboxylic acids is 2. The summed E-state index contributed by atoms with van der Waals surface area (Å²) in [4.78, 5) is 32.1. The largest absolute Gasteiger partial charge is 0.542 e. The van der Waals surface area contributed by atoms with Gasteiger partial charge in [-0.05, 0) is 30.9 Å². The smallest absolute Gasteiger partial charge is 0.430 e. The maximum atomic E-state index is 12.9. The molecule has 0 spiro atoms. The Balaban J connectivity index is 0.000000458. The van der Waals surface area contributed by atoms with E-state index < -0.39 is 24.3 Å². The number of urea groups is 1. The summed E-state index contributed by atoms with van der Waals surface area (Å²) in [5.74, 6) is -5.40. The number of amides is 2. The summed E-state index contributed by atoms with van der Waals surface area (Å²) in [6.07, 6.45) is 2.26. The molecule has 1 aliphatic carbocycles. The topological polar surface area (TPSA) is 143 Å². The number of piperidine rings is 1. The minimum Gasteiger partial charge on any atom is -0.542 e. The minimum absolute atomic E-state index is 0.00780. The van der Waals surface area contributed by atoms with Gasteiger partial charge in [0, 0.05) is 43.7 Å². The van der Waals surface area contributed by atoms with Crippen LogP contribution in [0.5, 0.6) is 0 Å². The molecule has 3 aliphatic rings. The molecule has 1 unspecified atom stereocenters. The summed E-state index contributed by atoms with van der Waals surface area (Å²) in [6.45, 7) is 6.69. The van der Waals surface area contributed by atoms with Gasteiger partial charge in [-0.3, -0.25) is 0 Å². The van der Waals surface area contributed by atoms with E-state index in [0.29, 0.717) is 12.0 Å². The second-order valence-electron chi connectivity index (χ2n) is 13.2. The molecule has 2 aromatic rings. The van der Waals surface area contributed by atoms with E-state index >= 15 is 0 Å². The molecule has 0 radical (unpaired) electrons. The molecule has 4 N–H and O–H groups in total. The molecule has 2 aromatic carbocycles. The SMILES string of the molecule is CC[NH+]1N=C(Cc2ccccc2)C=C1C1CC[NH+](CC[C@H](NC(=O)NC2CCCCC2)c2ccccc2)CC1.O=C([O-])C(F)(F)F.O=C([O-])C(F)(F)F. The van der Waals surface area contributed by atoms with Gasteiger partial charge in [-0.15, -0.1) is 0 Å². The van der Waals surface area contributed by atoms with Gasteiger partial charge in [0.1, 0.15) is 29.9 Å². The third-order valence-corrected chi connectivity index (χ3v) is 9.33. The van der Waals surface area contributed by atoms with E-state index in [2.05, 4.69) is 78.2 Å². The summed E-state index contributed by atoms with van der Waals surface area (Å²) >= 11 is 0. The number of quaternary nitrogens is 2. The van der Waals surface area contributed by atoms with Gasteiger partial charge in [0.2, 0.25) is 0 Å². The van der Waals surface area contributed by atoms with E-state index in [1.54, 1.807) is 4.90 Å². The molecule has 2 fully saturated rings. The summed E-state index contributed by atoms with van der Waals surface area (Å²) in [5, 5.41) is 30.5. The first-order chi connectivity index (χ1) is 25.1. The fourth-order valence-corrected chi connectivity index (χ4v) is 6.64. The fourth-order valence-electron chi connectivity index (χ4n) is 6.64. The lowest BCUT2D eigenvalue weighted by molar-refractivity contribution is -0.910. The lowest BCUT2D eigenvalue weighted by atomic mass is 9.91. The third-order valence-electron chi connectivity index (χ3n) is 9.33. The summed E-state index contributed by atoms with van der Waals surface area (Å²) in [6, 6.07) is 21.5. The number of hydrogen-bond donors (Lipinski definition) is 4. The van der Waals surface area contributed by atoms with Crippen LogP contribution in [0.4, 0.5) is 31.1 Å². The molecule has 0 bridgehead atoms. The van der Waals surface area contributed by atoms with Crippen LogP contribution in [0, 0.1) is 5.92 Å². The van der Waals surface area contributed by atoms with Crippen molar-refractivity contribution < 1.29 is 60.8 Å². The number of hydrogen-bond acceptors (Lipinski definition) is 6. The Labute approximate surface area is 304 Å². The molecule has 2 atom stereocenters. The van der Waals surface area contributed by atoms with Gasteiger partial charge in [0.05, 0.1) is 25.7 Å². The average molecular weight is 756 g/mol. The highest BCUT2D eigenvalue weighted by Crippen LogP contribution is 2.21. The lowest BCUT2D eigenvalue weighted by Gasteiger charge is -2.31. The van der Waals surface area contributed by atoms with E-state index in [4.69, 9.17) is 24.9 Å². The zero-order valence-corrected chi connectivity index (χ0v) is 29.5. The zero-order chi connectivity index (χ0) is 39.0. The number of allylic oxidation sites excluding steroid dienone is 2. The second-order valence-corrected chi connectivity index (χ2v) is 13.2. The molecule has 16 heteroatoms. The van der Waals surface area contributed by atoms with Crippen LogP contribution in [0.1, 0.15) is 75.5 Å². The van der Waals surface area contributed by atoms with E-state index in [-0.39, 0.29) is 12.1 Å². The Morgan fingerprint density at radius 2 is 1.36 bits per heavy atom. The third kappa shape index (κ3) is 15.2. The van der Waals surface area contributed by atoms with Crippen LogP contribution < -0.4 is 30.8 Å². The summed E-state index contributed by atoms with van der Waals surface area (Å²) in [5.41, 5.74) is 5.24. The first-order valence-corrected chi connectivity index (χ1v) is 17.8. The van der Waals surface area contributed by atoms with Gasteiger partial charge >= 0.3 is 18.4 Å². The van der Waals surface area contributed by atoms with Crippen molar-refractivity contribution in [1.29, 1.82) is 0 Å². The van der Waals surface area contributed by atoms with Crippen LogP contribution in [0.25, 0.3) is 0 Å². The standard InChI is InChI=1S/C33H45N5O.2C2HF3O2/c1-2-38-32(25-30(36-38)24-26-12-6-3-7-13-26)28-18-21-37(22-19-28)23-20-31(27-14-8-4-9-15-27)35-33(39)34-29-16-10-5-11-17-29;2*3-2(4,5)1(6)7/h3-4,6-9,12-15,25,28-29,31H,2,5,10-11,16-24H2,1H3,(H2,34,35,39);2*(H,6,7)/t31-;;/m0../s1. The quantitative estimate of drug-likeness (QED) is 0.275. The van der Waals surface area contributed by atoms with Crippen molar-refractivity contribution in [3.63, 3.8) is 0 Å². The first-order valence-electron chi connectivity index (χ1n) is 17.8. The highest BCUT2D eigenvalue weighted by molar-refractivity contribution is 5.97. The van der Waals surface area contributed by atoms with E-state index in [9.17, 15) is 31.1 Å². The Kier molecular flexibility index (Phi) is 16.8. The molecule has 1 saturated carbocycles. The van der Waals surface area contributed by atoms with Gasteiger partial charge in [-0.2, -0.15) is 31.4 Å². The molecule has 0 aromatic heterocycles. The highest BCUT2D eigenvalue weighted by Gasteiger charge is 2.34. The van der Waals surface area contributed by atoms with Crippen LogP contribution in [0.15, 0.2) is 77.5 Å². The summed E-state index contributed by atoms with van der Waals surface area (Å²) < 4.78 is 63.1. The number of carbonyl (C=O) groups is 3. The molecular weight excluding hydrogens is 708 g/mol. The number of carboxylic acids is 2. The van der Waals surface area contributed by atoms with Crippen molar-refractivity contribution in [3.8, 4) is 0 Å². The van der Waals surface area contributed by atoms with Gasteiger partial charge < -0.3 is 35.3 Å². The zero-order valence-electron chi connectivity index (χ0n) is 29.5. The van der Waals surface area contributed by atoms with Crippen molar-refractivity contribution in [3.05, 3.63) is 83.6 Å². The normalized spacial score (nSPS) is 21.0. The second kappa shape index (κ2) is 20.7. The molecule has 5 rings (SSSR count). The summed E-state index contributed by atoms with van der Waals surface area (Å²) in [7, 11) is 0. The maximum Gasteiger partial charge on any atom is 0.430 e. The molecule has 292 valence electrons. The number of halogens is 6. The van der Waals surface area contributed by atoms with Crippen molar-refractivity contribution in [1.82, 2.24) is 10.6 Å². The van der Waals surface area contributed by atoms with Crippen LogP contribution in [0.2, 0.25) is 0 Å². The van der Waals surface area contributed by atoms with Crippen molar-refractivity contribution in [2.45, 2.75) is 89.1 Å². The number of carbonyl (C=O) groups excluding carboxylic acids is 3. The van der Waals surface area contributed by atoms with Crippen LogP contribution in [0.3, 0.4) is 0 Å². The highest BCUT2D eigenvalue weighted by atomic mass is 19.4. The molecule has 2 aliphatic heterocycles. The van der Waals surface area contributed by atoms with Gasteiger partial charge in [0.25, 0.3) is 0 Å².